The van der Waals surface area contributed by atoms with E-state index in [9.17, 15) is 14.0 Å². The molecule has 0 unspecified atom stereocenters. The van der Waals surface area contributed by atoms with E-state index in [2.05, 4.69) is 10.3 Å². The van der Waals surface area contributed by atoms with Gasteiger partial charge in [-0.2, -0.15) is 0 Å². The minimum absolute atomic E-state index is 0.115. The van der Waals surface area contributed by atoms with Gasteiger partial charge in [-0.25, -0.2) is 4.39 Å². The number of Topliss-reactive ketones (excluding diaryl/α,β-unsaturated/α-hetero) is 1. The minimum Gasteiger partial charge on any atom is -0.486 e. The third kappa shape index (κ3) is 2.80. The van der Waals surface area contributed by atoms with Crippen molar-refractivity contribution in [1.29, 1.82) is 0 Å². The van der Waals surface area contributed by atoms with E-state index in [1.54, 1.807) is 18.2 Å². The van der Waals surface area contributed by atoms with Crippen molar-refractivity contribution in [2.45, 2.75) is 0 Å². The van der Waals surface area contributed by atoms with Crippen molar-refractivity contribution < 1.29 is 23.5 Å². The Morgan fingerprint density at radius 1 is 1.04 bits per heavy atom. The molecule has 25 heavy (non-hydrogen) atoms. The molecule has 4 rings (SSSR count). The fraction of sp³-hybridized carbons (Fsp3) is 0.111. The van der Waals surface area contributed by atoms with Gasteiger partial charge in [-0.1, -0.05) is 0 Å². The molecule has 3 aromatic rings. The van der Waals surface area contributed by atoms with E-state index >= 15 is 0 Å². The van der Waals surface area contributed by atoms with Crippen LogP contribution in [0.3, 0.4) is 0 Å². The number of fused-ring (bicyclic) bond motifs is 2. The van der Waals surface area contributed by atoms with Gasteiger partial charge < -0.3 is 19.8 Å². The van der Waals surface area contributed by atoms with Gasteiger partial charge in [-0.3, -0.25) is 9.59 Å². The molecule has 126 valence electrons. The summed E-state index contributed by atoms with van der Waals surface area (Å²) in [6, 6.07) is 8.89. The second kappa shape index (κ2) is 5.94. The highest BCUT2D eigenvalue weighted by molar-refractivity contribution is 6.48. The lowest BCUT2D eigenvalue weighted by atomic mass is 10.1. The van der Waals surface area contributed by atoms with Crippen molar-refractivity contribution in [2.75, 3.05) is 18.5 Å². The molecule has 0 bridgehead atoms. The van der Waals surface area contributed by atoms with Crippen LogP contribution in [0.1, 0.15) is 10.4 Å². The quantitative estimate of drug-likeness (QED) is 0.567. The fourth-order valence-electron chi connectivity index (χ4n) is 2.71. The van der Waals surface area contributed by atoms with Crippen LogP contribution in [0.4, 0.5) is 10.1 Å². The molecule has 0 saturated carbocycles. The summed E-state index contributed by atoms with van der Waals surface area (Å²) < 4.78 is 24.3. The Hall–Kier alpha value is -3.35. The molecule has 2 aromatic carbocycles. The number of carbonyl (C=O) groups is 2. The van der Waals surface area contributed by atoms with Crippen LogP contribution in [0, 0.1) is 5.82 Å². The summed E-state index contributed by atoms with van der Waals surface area (Å²) in [5, 5.41) is 2.89. The number of rotatable bonds is 3. The zero-order valence-corrected chi connectivity index (χ0v) is 13.0. The number of aromatic amines is 1. The van der Waals surface area contributed by atoms with E-state index in [0.717, 1.165) is 0 Å². The van der Waals surface area contributed by atoms with Crippen molar-refractivity contribution in [3.05, 3.63) is 54.0 Å². The molecule has 1 aliphatic heterocycles. The van der Waals surface area contributed by atoms with Crippen LogP contribution in [0.15, 0.2) is 42.6 Å². The molecule has 0 radical (unpaired) electrons. The number of hydrogen-bond acceptors (Lipinski definition) is 4. The molecular weight excluding hydrogens is 327 g/mol. The third-order valence-electron chi connectivity index (χ3n) is 3.89. The van der Waals surface area contributed by atoms with Gasteiger partial charge in [0.15, 0.2) is 11.5 Å². The molecular formula is C18H13FN2O4. The molecule has 1 aromatic heterocycles. The second-order valence-electron chi connectivity index (χ2n) is 5.53. The van der Waals surface area contributed by atoms with E-state index in [4.69, 9.17) is 9.47 Å². The fourth-order valence-corrected chi connectivity index (χ4v) is 2.71. The predicted octanol–water partition coefficient (Wildman–Crippen LogP) is 2.90. The Morgan fingerprint density at radius 2 is 1.84 bits per heavy atom. The number of H-pyrrole nitrogens is 1. The maximum Gasteiger partial charge on any atom is 0.296 e. The number of benzene rings is 2. The SMILES string of the molecule is O=C(Nc1ccc2c(c1)OCCO2)C(=O)c1c[nH]c2ccc(F)cc12. The lowest BCUT2D eigenvalue weighted by Gasteiger charge is -2.18. The summed E-state index contributed by atoms with van der Waals surface area (Å²) in [5.74, 6) is -0.963. The normalized spacial score (nSPS) is 12.8. The minimum atomic E-state index is -0.818. The molecule has 1 aliphatic rings. The molecule has 0 aliphatic carbocycles. The Kier molecular flexibility index (Phi) is 3.61. The highest BCUT2D eigenvalue weighted by Gasteiger charge is 2.21. The number of amides is 1. The first-order chi connectivity index (χ1) is 12.1. The standard InChI is InChI=1S/C18H13FN2O4/c19-10-1-3-14-12(7-10)13(9-20-14)17(22)18(23)21-11-2-4-15-16(8-11)25-6-5-24-15/h1-4,7-9,20H,5-6H2,(H,21,23). The molecule has 2 heterocycles. The molecule has 1 amide bonds. The smallest absolute Gasteiger partial charge is 0.296 e. The summed E-state index contributed by atoms with van der Waals surface area (Å²) in [7, 11) is 0. The van der Waals surface area contributed by atoms with Crippen LogP contribution < -0.4 is 14.8 Å². The number of ether oxygens (including phenoxy) is 2. The van der Waals surface area contributed by atoms with Crippen LogP contribution in [0.25, 0.3) is 10.9 Å². The number of nitrogens with one attached hydrogen (secondary N) is 2. The number of halogens is 1. The van der Waals surface area contributed by atoms with Gasteiger partial charge in [0.05, 0.1) is 5.56 Å². The number of ketones is 1. The van der Waals surface area contributed by atoms with E-state index in [1.165, 1.54) is 24.4 Å². The maximum absolute atomic E-state index is 13.4. The molecule has 6 nitrogen and oxygen atoms in total. The van der Waals surface area contributed by atoms with E-state index in [-0.39, 0.29) is 5.56 Å². The first kappa shape index (κ1) is 15.2. The summed E-state index contributed by atoms with van der Waals surface area (Å²) >= 11 is 0. The summed E-state index contributed by atoms with van der Waals surface area (Å²) in [6.07, 6.45) is 1.40. The lowest BCUT2D eigenvalue weighted by Crippen LogP contribution is -2.23. The van der Waals surface area contributed by atoms with Crippen molar-refractivity contribution >= 4 is 28.3 Å². The van der Waals surface area contributed by atoms with Crippen LogP contribution >= 0.6 is 0 Å². The number of carbonyl (C=O) groups excluding carboxylic acids is 2. The van der Waals surface area contributed by atoms with Crippen molar-refractivity contribution in [2.24, 2.45) is 0 Å². The Balaban J connectivity index is 1.58. The van der Waals surface area contributed by atoms with Crippen molar-refractivity contribution in [3.63, 3.8) is 0 Å². The molecule has 0 spiro atoms. The largest absolute Gasteiger partial charge is 0.486 e. The lowest BCUT2D eigenvalue weighted by molar-refractivity contribution is -0.112. The molecule has 7 heteroatoms. The Morgan fingerprint density at radius 3 is 2.68 bits per heavy atom. The molecule has 0 atom stereocenters. The van der Waals surface area contributed by atoms with Crippen molar-refractivity contribution in [3.8, 4) is 11.5 Å². The summed E-state index contributed by atoms with van der Waals surface area (Å²) in [5.41, 5.74) is 1.11. The zero-order valence-electron chi connectivity index (χ0n) is 13.0. The maximum atomic E-state index is 13.4. The average molecular weight is 340 g/mol. The van der Waals surface area contributed by atoms with Gasteiger partial charge in [-0.05, 0) is 30.3 Å². The molecule has 2 N–H and O–H groups in total. The van der Waals surface area contributed by atoms with Gasteiger partial charge in [0.2, 0.25) is 0 Å². The van der Waals surface area contributed by atoms with Crippen LogP contribution in [-0.2, 0) is 4.79 Å². The van der Waals surface area contributed by atoms with Crippen LogP contribution in [0.2, 0.25) is 0 Å². The number of anilines is 1. The van der Waals surface area contributed by atoms with Gasteiger partial charge in [0, 0.05) is 28.9 Å². The first-order valence-electron chi connectivity index (χ1n) is 7.64. The monoisotopic (exact) mass is 340 g/mol. The summed E-state index contributed by atoms with van der Waals surface area (Å²) in [6.45, 7) is 0.887. The van der Waals surface area contributed by atoms with Crippen LogP contribution in [-0.4, -0.2) is 29.9 Å². The van der Waals surface area contributed by atoms with E-state index in [0.29, 0.717) is 41.3 Å². The molecule has 0 saturated heterocycles. The zero-order chi connectivity index (χ0) is 17.4. The van der Waals surface area contributed by atoms with Gasteiger partial charge >= 0.3 is 0 Å². The Bertz CT molecular complexity index is 996. The van der Waals surface area contributed by atoms with Crippen LogP contribution in [0.5, 0.6) is 11.5 Å². The van der Waals surface area contributed by atoms with Gasteiger partial charge in [0.25, 0.3) is 11.7 Å². The highest BCUT2D eigenvalue weighted by Crippen LogP contribution is 2.32. The Labute approximate surface area is 141 Å². The second-order valence-corrected chi connectivity index (χ2v) is 5.53. The van der Waals surface area contributed by atoms with Gasteiger partial charge in [-0.15, -0.1) is 0 Å². The predicted molar refractivity (Wildman–Crippen MR) is 88.6 cm³/mol. The number of aromatic nitrogens is 1. The molecule has 0 fully saturated rings. The average Bonchev–Trinajstić information content (AvgIpc) is 3.04. The highest BCUT2D eigenvalue weighted by atomic mass is 19.1. The van der Waals surface area contributed by atoms with Gasteiger partial charge in [0.1, 0.15) is 19.0 Å². The summed E-state index contributed by atoms with van der Waals surface area (Å²) in [4.78, 5) is 27.5. The van der Waals surface area contributed by atoms with E-state index in [1.807, 2.05) is 0 Å². The number of hydrogen-bond donors (Lipinski definition) is 2. The third-order valence-corrected chi connectivity index (χ3v) is 3.89. The first-order valence-corrected chi connectivity index (χ1v) is 7.64. The van der Waals surface area contributed by atoms with E-state index < -0.39 is 17.5 Å². The topological polar surface area (TPSA) is 80.4 Å². The van der Waals surface area contributed by atoms with Crippen molar-refractivity contribution in [1.82, 2.24) is 4.98 Å².